The molecular weight excluding hydrogens is 272 g/mol. The summed E-state index contributed by atoms with van der Waals surface area (Å²) in [5.74, 6) is 1.89. The monoisotopic (exact) mass is 296 g/mol. The van der Waals surface area contributed by atoms with E-state index in [2.05, 4.69) is 26.9 Å². The highest BCUT2D eigenvalue weighted by Crippen LogP contribution is 2.15. The number of anilines is 1. The van der Waals surface area contributed by atoms with Gasteiger partial charge in [-0.3, -0.25) is 4.79 Å². The van der Waals surface area contributed by atoms with Crippen LogP contribution in [0.1, 0.15) is 48.9 Å². The van der Waals surface area contributed by atoms with E-state index in [-0.39, 0.29) is 11.8 Å². The second-order valence-corrected chi connectivity index (χ2v) is 5.84. The van der Waals surface area contributed by atoms with E-state index >= 15 is 0 Å². The first-order valence-corrected chi connectivity index (χ1v) is 8.31. The van der Waals surface area contributed by atoms with Gasteiger partial charge in [-0.05, 0) is 24.9 Å². The van der Waals surface area contributed by atoms with E-state index in [0.29, 0.717) is 23.8 Å². The molecule has 0 bridgehead atoms. The minimum absolute atomic E-state index is 0.136. The number of nitrogens with one attached hydrogen (secondary N) is 2. The van der Waals surface area contributed by atoms with Gasteiger partial charge in [0.1, 0.15) is 5.82 Å². The average Bonchev–Trinajstić information content (AvgIpc) is 2.46. The SMILES string of the molecule is CNc1cnc(C(C)C)nc1C(=O)NCCCCSC. The van der Waals surface area contributed by atoms with Gasteiger partial charge in [0, 0.05) is 19.5 Å². The van der Waals surface area contributed by atoms with Crippen LogP contribution in [0.3, 0.4) is 0 Å². The molecule has 0 saturated carbocycles. The fourth-order valence-electron chi connectivity index (χ4n) is 1.69. The molecule has 0 radical (unpaired) electrons. The van der Waals surface area contributed by atoms with Gasteiger partial charge < -0.3 is 10.6 Å². The third-order valence-corrected chi connectivity index (χ3v) is 3.57. The van der Waals surface area contributed by atoms with E-state index in [1.165, 1.54) is 0 Å². The standard InChI is InChI=1S/C14H24N4OS/c1-10(2)13-17-9-11(15-3)12(18-13)14(19)16-7-5-6-8-20-4/h9-10,15H,5-8H2,1-4H3,(H,16,19). The first-order valence-electron chi connectivity index (χ1n) is 6.92. The van der Waals surface area contributed by atoms with Crippen LogP contribution in [0.4, 0.5) is 5.69 Å². The zero-order valence-electron chi connectivity index (χ0n) is 12.7. The molecule has 0 saturated heterocycles. The lowest BCUT2D eigenvalue weighted by atomic mass is 10.2. The molecule has 1 heterocycles. The molecule has 6 heteroatoms. The number of carbonyl (C=O) groups excluding carboxylic acids is 1. The first-order chi connectivity index (χ1) is 9.60. The van der Waals surface area contributed by atoms with Crippen molar-refractivity contribution in [1.29, 1.82) is 0 Å². The van der Waals surface area contributed by atoms with Gasteiger partial charge in [-0.15, -0.1) is 0 Å². The normalized spacial score (nSPS) is 10.7. The Hall–Kier alpha value is -1.30. The minimum atomic E-state index is -0.136. The lowest BCUT2D eigenvalue weighted by Crippen LogP contribution is -2.27. The number of nitrogens with zero attached hydrogens (tertiary/aromatic N) is 2. The van der Waals surface area contributed by atoms with E-state index in [1.807, 2.05) is 25.6 Å². The van der Waals surface area contributed by atoms with Crippen LogP contribution >= 0.6 is 11.8 Å². The van der Waals surface area contributed by atoms with Crippen LogP contribution in [0.5, 0.6) is 0 Å². The van der Waals surface area contributed by atoms with Crippen molar-refractivity contribution >= 4 is 23.4 Å². The molecule has 0 aliphatic heterocycles. The predicted molar refractivity (Wildman–Crippen MR) is 85.6 cm³/mol. The number of aromatic nitrogens is 2. The Labute approximate surface area is 125 Å². The highest BCUT2D eigenvalue weighted by molar-refractivity contribution is 7.98. The van der Waals surface area contributed by atoms with Crippen molar-refractivity contribution in [2.45, 2.75) is 32.6 Å². The average molecular weight is 296 g/mol. The van der Waals surface area contributed by atoms with Crippen molar-refractivity contribution in [1.82, 2.24) is 15.3 Å². The molecule has 1 aromatic heterocycles. The topological polar surface area (TPSA) is 66.9 Å². The lowest BCUT2D eigenvalue weighted by molar-refractivity contribution is 0.0948. The smallest absolute Gasteiger partial charge is 0.272 e. The van der Waals surface area contributed by atoms with Gasteiger partial charge >= 0.3 is 0 Å². The van der Waals surface area contributed by atoms with E-state index in [4.69, 9.17) is 0 Å². The maximum absolute atomic E-state index is 12.2. The number of carbonyl (C=O) groups is 1. The molecule has 0 aliphatic carbocycles. The fraction of sp³-hybridized carbons (Fsp3) is 0.643. The van der Waals surface area contributed by atoms with Crippen LogP contribution in [0.2, 0.25) is 0 Å². The Morgan fingerprint density at radius 2 is 2.15 bits per heavy atom. The number of thioether (sulfide) groups is 1. The van der Waals surface area contributed by atoms with Gasteiger partial charge in [0.25, 0.3) is 5.91 Å². The van der Waals surface area contributed by atoms with E-state index < -0.39 is 0 Å². The Morgan fingerprint density at radius 3 is 2.75 bits per heavy atom. The highest BCUT2D eigenvalue weighted by atomic mass is 32.2. The molecule has 0 atom stereocenters. The molecule has 0 spiro atoms. The third-order valence-electron chi connectivity index (χ3n) is 2.87. The van der Waals surface area contributed by atoms with E-state index in [1.54, 1.807) is 13.2 Å². The zero-order valence-corrected chi connectivity index (χ0v) is 13.5. The summed E-state index contributed by atoms with van der Waals surface area (Å²) in [5, 5.41) is 5.88. The second-order valence-electron chi connectivity index (χ2n) is 4.85. The van der Waals surface area contributed by atoms with Gasteiger partial charge in [-0.25, -0.2) is 9.97 Å². The summed E-state index contributed by atoms with van der Waals surface area (Å²) in [6, 6.07) is 0. The molecule has 0 fully saturated rings. The Bertz CT molecular complexity index is 437. The number of rotatable bonds is 8. The fourth-order valence-corrected chi connectivity index (χ4v) is 2.18. The Morgan fingerprint density at radius 1 is 1.40 bits per heavy atom. The quantitative estimate of drug-likeness (QED) is 0.722. The lowest BCUT2D eigenvalue weighted by Gasteiger charge is -2.11. The van der Waals surface area contributed by atoms with Crippen molar-refractivity contribution < 1.29 is 4.79 Å². The predicted octanol–water partition coefficient (Wildman–Crippen LogP) is 2.51. The molecule has 0 unspecified atom stereocenters. The van der Waals surface area contributed by atoms with E-state index in [9.17, 15) is 4.79 Å². The third kappa shape index (κ3) is 5.00. The van der Waals surface area contributed by atoms with Crippen molar-refractivity contribution in [2.75, 3.05) is 30.9 Å². The first kappa shape index (κ1) is 16.8. The highest BCUT2D eigenvalue weighted by Gasteiger charge is 2.15. The van der Waals surface area contributed by atoms with Crippen LogP contribution in [0.25, 0.3) is 0 Å². The second kappa shape index (κ2) is 8.79. The molecule has 0 aromatic carbocycles. The Balaban J connectivity index is 2.67. The number of hydrogen-bond acceptors (Lipinski definition) is 5. The number of amides is 1. The summed E-state index contributed by atoms with van der Waals surface area (Å²) < 4.78 is 0. The van der Waals surface area contributed by atoms with Gasteiger partial charge in [-0.1, -0.05) is 13.8 Å². The molecule has 5 nitrogen and oxygen atoms in total. The van der Waals surface area contributed by atoms with Gasteiger partial charge in [0.2, 0.25) is 0 Å². The summed E-state index contributed by atoms with van der Waals surface area (Å²) in [6.45, 7) is 4.71. The van der Waals surface area contributed by atoms with Crippen molar-refractivity contribution in [3.05, 3.63) is 17.7 Å². The largest absolute Gasteiger partial charge is 0.385 e. The molecule has 0 aliphatic rings. The molecule has 20 heavy (non-hydrogen) atoms. The van der Waals surface area contributed by atoms with Gasteiger partial charge in [-0.2, -0.15) is 11.8 Å². The summed E-state index contributed by atoms with van der Waals surface area (Å²) >= 11 is 1.82. The van der Waals surface area contributed by atoms with Crippen molar-refractivity contribution in [3.63, 3.8) is 0 Å². The maximum atomic E-state index is 12.2. The minimum Gasteiger partial charge on any atom is -0.385 e. The van der Waals surface area contributed by atoms with E-state index in [0.717, 1.165) is 18.6 Å². The van der Waals surface area contributed by atoms with Crippen molar-refractivity contribution in [2.24, 2.45) is 0 Å². The molecular formula is C14H24N4OS. The summed E-state index contributed by atoms with van der Waals surface area (Å²) in [7, 11) is 1.77. The number of unbranched alkanes of at least 4 members (excludes halogenated alkanes) is 1. The summed E-state index contributed by atoms with van der Waals surface area (Å²) in [6.07, 6.45) is 5.86. The summed E-state index contributed by atoms with van der Waals surface area (Å²) in [5.41, 5.74) is 1.09. The molecule has 112 valence electrons. The molecule has 1 aromatic rings. The van der Waals surface area contributed by atoms with Crippen LogP contribution in [-0.4, -0.2) is 41.5 Å². The van der Waals surface area contributed by atoms with Crippen molar-refractivity contribution in [3.8, 4) is 0 Å². The van der Waals surface area contributed by atoms with Gasteiger partial charge in [0.05, 0.1) is 11.9 Å². The molecule has 2 N–H and O–H groups in total. The van der Waals surface area contributed by atoms with Crippen LogP contribution in [-0.2, 0) is 0 Å². The molecule has 1 rings (SSSR count). The van der Waals surface area contributed by atoms with Crippen LogP contribution in [0, 0.1) is 0 Å². The van der Waals surface area contributed by atoms with Gasteiger partial charge in [0.15, 0.2) is 5.69 Å². The Kier molecular flexibility index (Phi) is 7.36. The molecule has 1 amide bonds. The zero-order chi connectivity index (χ0) is 15.0. The maximum Gasteiger partial charge on any atom is 0.272 e. The summed E-state index contributed by atoms with van der Waals surface area (Å²) in [4.78, 5) is 20.8. The van der Waals surface area contributed by atoms with Crippen LogP contribution < -0.4 is 10.6 Å². The number of hydrogen-bond donors (Lipinski definition) is 2. The van der Waals surface area contributed by atoms with Crippen LogP contribution in [0.15, 0.2) is 6.20 Å².